The summed E-state index contributed by atoms with van der Waals surface area (Å²) in [5.41, 5.74) is 14.3. The summed E-state index contributed by atoms with van der Waals surface area (Å²) in [4.78, 5) is 0. The van der Waals surface area contributed by atoms with Crippen LogP contribution in [0.25, 0.3) is 110 Å². The maximum absolute atomic E-state index is 9.64. The Morgan fingerprint density at radius 2 is 0.877 bits per heavy atom. The highest BCUT2D eigenvalue weighted by molar-refractivity contribution is 6.13. The average molecular weight is 732 g/mol. The van der Waals surface area contributed by atoms with E-state index in [2.05, 4.69) is 169 Å². The van der Waals surface area contributed by atoms with Gasteiger partial charge in [-0.1, -0.05) is 68.4 Å². The molecular formula is C52H33N3O2. The fourth-order valence-corrected chi connectivity index (χ4v) is 9.12. The van der Waals surface area contributed by atoms with Crippen molar-refractivity contribution >= 4 is 87.5 Å². The van der Waals surface area contributed by atoms with E-state index in [-0.39, 0.29) is 0 Å². The minimum atomic E-state index is 0.455. The quantitative estimate of drug-likeness (QED) is 0.181. The lowest BCUT2D eigenvalue weighted by Crippen LogP contribution is -1.94. The third-order valence-electron chi connectivity index (χ3n) is 11.9. The van der Waals surface area contributed by atoms with Crippen LogP contribution in [0.5, 0.6) is 0 Å². The first-order valence-electron chi connectivity index (χ1n) is 19.4. The smallest absolute Gasteiger partial charge is 0.135 e. The monoisotopic (exact) mass is 731 g/mol. The van der Waals surface area contributed by atoms with E-state index < -0.39 is 0 Å². The fourth-order valence-electron chi connectivity index (χ4n) is 9.12. The zero-order valence-electron chi connectivity index (χ0n) is 31.2. The Bertz CT molecular complexity index is 3690. The van der Waals surface area contributed by atoms with E-state index in [4.69, 9.17) is 8.83 Å². The second-order valence-corrected chi connectivity index (χ2v) is 15.5. The van der Waals surface area contributed by atoms with Gasteiger partial charge in [0.2, 0.25) is 0 Å². The molecule has 0 amide bonds. The largest absolute Gasteiger partial charge is 0.456 e. The van der Waals surface area contributed by atoms with E-state index in [0.717, 1.165) is 88.2 Å². The first-order valence-corrected chi connectivity index (χ1v) is 19.4. The highest BCUT2D eigenvalue weighted by Crippen LogP contribution is 2.40. The molecule has 0 saturated heterocycles. The number of para-hydroxylation sites is 2. The summed E-state index contributed by atoms with van der Waals surface area (Å²) in [5.74, 6) is 0.455. The van der Waals surface area contributed by atoms with Crippen LogP contribution in [0.3, 0.4) is 0 Å². The van der Waals surface area contributed by atoms with E-state index in [1.165, 1.54) is 27.4 Å². The first kappa shape index (κ1) is 31.8. The van der Waals surface area contributed by atoms with Crippen molar-refractivity contribution in [2.24, 2.45) is 0 Å². The van der Waals surface area contributed by atoms with Gasteiger partial charge in [-0.15, -0.1) is 0 Å². The van der Waals surface area contributed by atoms with Crippen LogP contribution in [-0.2, 0) is 0 Å². The van der Waals surface area contributed by atoms with Crippen molar-refractivity contribution in [3.8, 4) is 28.6 Å². The lowest BCUT2D eigenvalue weighted by Gasteiger charge is -2.09. The molecule has 12 aromatic rings. The Morgan fingerprint density at radius 3 is 1.40 bits per heavy atom. The number of fused-ring (bicyclic) bond motifs is 12. The van der Waals surface area contributed by atoms with Crippen LogP contribution in [0.1, 0.15) is 30.9 Å². The normalized spacial score (nSPS) is 12.2. The zero-order chi connectivity index (χ0) is 37.9. The summed E-state index contributed by atoms with van der Waals surface area (Å²) >= 11 is 0. The average Bonchev–Trinajstić information content (AvgIpc) is 3.99. The zero-order valence-corrected chi connectivity index (χ0v) is 31.2. The maximum Gasteiger partial charge on any atom is 0.135 e. The second kappa shape index (κ2) is 11.7. The molecule has 0 fully saturated rings. The Labute approximate surface area is 326 Å². The molecule has 0 bridgehead atoms. The molecule has 268 valence electrons. The van der Waals surface area contributed by atoms with Crippen molar-refractivity contribution in [2.75, 3.05) is 0 Å². The topological polar surface area (TPSA) is 59.9 Å². The van der Waals surface area contributed by atoms with Gasteiger partial charge in [-0.25, -0.2) is 0 Å². The van der Waals surface area contributed by atoms with E-state index in [9.17, 15) is 5.26 Å². The molecule has 0 N–H and O–H groups in total. The van der Waals surface area contributed by atoms with E-state index in [1.54, 1.807) is 0 Å². The molecule has 0 aliphatic rings. The predicted octanol–water partition coefficient (Wildman–Crippen LogP) is 14.3. The molecule has 0 spiro atoms. The summed E-state index contributed by atoms with van der Waals surface area (Å²) in [6, 6.07) is 58.1. The number of aromatic nitrogens is 2. The lowest BCUT2D eigenvalue weighted by molar-refractivity contribution is 0.668. The highest BCUT2D eigenvalue weighted by Gasteiger charge is 2.18. The third kappa shape index (κ3) is 4.62. The third-order valence-corrected chi connectivity index (χ3v) is 11.9. The van der Waals surface area contributed by atoms with Crippen molar-refractivity contribution in [1.82, 2.24) is 9.13 Å². The van der Waals surface area contributed by atoms with Gasteiger partial charge >= 0.3 is 0 Å². The molecule has 4 heterocycles. The van der Waals surface area contributed by atoms with Gasteiger partial charge in [-0.2, -0.15) is 5.26 Å². The fraction of sp³-hybridized carbons (Fsp3) is 0.0577. The van der Waals surface area contributed by atoms with Gasteiger partial charge in [0.1, 0.15) is 22.3 Å². The molecule has 0 saturated carbocycles. The minimum absolute atomic E-state index is 0.455. The number of rotatable bonds is 4. The maximum atomic E-state index is 9.64. The van der Waals surface area contributed by atoms with Gasteiger partial charge < -0.3 is 18.0 Å². The van der Waals surface area contributed by atoms with Gasteiger partial charge in [-0.3, -0.25) is 0 Å². The molecule has 0 aliphatic carbocycles. The summed E-state index contributed by atoms with van der Waals surface area (Å²) in [6.07, 6.45) is 0. The number of nitrogens with zero attached hydrogens (tertiary/aromatic N) is 3. The van der Waals surface area contributed by atoms with Crippen LogP contribution in [0.2, 0.25) is 0 Å². The molecule has 0 aliphatic heterocycles. The van der Waals surface area contributed by atoms with E-state index in [1.807, 2.05) is 18.2 Å². The van der Waals surface area contributed by atoms with Crippen molar-refractivity contribution in [3.05, 3.63) is 169 Å². The van der Waals surface area contributed by atoms with Gasteiger partial charge in [0, 0.05) is 54.5 Å². The van der Waals surface area contributed by atoms with E-state index >= 15 is 0 Å². The minimum Gasteiger partial charge on any atom is -0.456 e. The van der Waals surface area contributed by atoms with Gasteiger partial charge in [0.15, 0.2) is 0 Å². The number of hydrogen-bond donors (Lipinski definition) is 0. The molecule has 0 unspecified atom stereocenters. The molecule has 0 radical (unpaired) electrons. The Hall–Kier alpha value is -7.55. The number of benzene rings is 8. The molecule has 5 heteroatoms. The highest BCUT2D eigenvalue weighted by atomic mass is 16.3. The van der Waals surface area contributed by atoms with Gasteiger partial charge in [0.25, 0.3) is 0 Å². The summed E-state index contributed by atoms with van der Waals surface area (Å²) in [7, 11) is 0. The predicted molar refractivity (Wildman–Crippen MR) is 234 cm³/mol. The first-order chi connectivity index (χ1) is 28.0. The molecule has 8 aromatic carbocycles. The second-order valence-electron chi connectivity index (χ2n) is 15.5. The summed E-state index contributed by atoms with van der Waals surface area (Å²) in [6.45, 7) is 4.50. The van der Waals surface area contributed by atoms with Crippen molar-refractivity contribution in [1.29, 1.82) is 5.26 Å². The SMILES string of the molecule is CC(C)c1ccc2c(c1)c1ccccc1n2-c1ccc2oc3ccc(-c4ccc5oc6ccc(-n7c8ccccc8c8cc(C#N)ccc87)cc6c5c4)cc3c2c1. The lowest BCUT2D eigenvalue weighted by atomic mass is 10.0. The van der Waals surface area contributed by atoms with Crippen LogP contribution in [0, 0.1) is 11.3 Å². The van der Waals surface area contributed by atoms with Crippen LogP contribution in [0.4, 0.5) is 0 Å². The van der Waals surface area contributed by atoms with Crippen molar-refractivity contribution < 1.29 is 8.83 Å². The van der Waals surface area contributed by atoms with Crippen molar-refractivity contribution in [2.45, 2.75) is 19.8 Å². The molecule has 4 aromatic heterocycles. The molecule has 0 atom stereocenters. The molecule has 5 nitrogen and oxygen atoms in total. The van der Waals surface area contributed by atoms with Crippen LogP contribution < -0.4 is 0 Å². The Balaban J connectivity index is 0.997. The number of nitriles is 1. The summed E-state index contributed by atoms with van der Waals surface area (Å²) in [5, 5.41) is 18.6. The standard InChI is InChI=1S/C52H33N3O2/c1-30(2)32-12-18-48-40(24-32)38-8-4-6-10-46(38)55(48)36-16-22-52-44(28-36)42-26-34(14-20-50(42)57-52)33-13-19-49-41(25-33)43-27-35(15-21-51(43)56-49)54-45-9-5-3-7-37(45)39-23-31(29-53)11-17-47(39)54/h3-28,30H,1-2H3. The van der Waals surface area contributed by atoms with E-state index in [0.29, 0.717) is 11.5 Å². The van der Waals surface area contributed by atoms with Crippen LogP contribution in [0.15, 0.2) is 167 Å². The summed E-state index contributed by atoms with van der Waals surface area (Å²) < 4.78 is 17.5. The van der Waals surface area contributed by atoms with Crippen LogP contribution >= 0.6 is 0 Å². The van der Waals surface area contributed by atoms with Gasteiger partial charge in [0.05, 0.1) is 33.7 Å². The Morgan fingerprint density at radius 1 is 0.421 bits per heavy atom. The molecule has 57 heavy (non-hydrogen) atoms. The Kier molecular flexibility index (Phi) is 6.54. The molecule has 12 rings (SSSR count). The number of hydrogen-bond acceptors (Lipinski definition) is 3. The van der Waals surface area contributed by atoms with Gasteiger partial charge in [-0.05, 0) is 126 Å². The molecular weight excluding hydrogens is 699 g/mol. The number of furan rings is 2. The van der Waals surface area contributed by atoms with Crippen LogP contribution in [-0.4, -0.2) is 9.13 Å². The van der Waals surface area contributed by atoms with Crippen molar-refractivity contribution in [3.63, 3.8) is 0 Å².